The molecule has 4 aromatic rings. The average Bonchev–Trinajstić information content (AvgIpc) is 3.93. The van der Waals surface area contributed by atoms with E-state index in [1.165, 1.54) is 35.6 Å². The summed E-state index contributed by atoms with van der Waals surface area (Å²) in [7, 11) is -0.488. The second-order valence-corrected chi connectivity index (χ2v) is 18.3. The number of ether oxygens (including phenoxy) is 2. The molecule has 1 N–H and O–H groups in total. The topological polar surface area (TPSA) is 131 Å². The van der Waals surface area contributed by atoms with E-state index in [1.54, 1.807) is 19.4 Å². The average molecular weight is 810 g/mol. The van der Waals surface area contributed by atoms with Gasteiger partial charge >= 0.3 is 10.2 Å². The smallest absolute Gasteiger partial charge is 0.304 e. The lowest BCUT2D eigenvalue weighted by Crippen LogP contribution is -2.48. The van der Waals surface area contributed by atoms with E-state index in [2.05, 4.69) is 37.3 Å². The second kappa shape index (κ2) is 16.3. The number of aryl methyl sites for hydroxylation is 1. The van der Waals surface area contributed by atoms with Crippen LogP contribution in [0.15, 0.2) is 42.6 Å². The summed E-state index contributed by atoms with van der Waals surface area (Å²) in [6.07, 6.45) is 15.2. The minimum Gasteiger partial charge on any atom is -0.497 e. The first-order valence-corrected chi connectivity index (χ1v) is 22.6. The third-order valence-corrected chi connectivity index (χ3v) is 14.6. The predicted molar refractivity (Wildman–Crippen MR) is 224 cm³/mol. The van der Waals surface area contributed by atoms with Crippen molar-refractivity contribution in [2.75, 3.05) is 59.6 Å². The fraction of sp³-hybridized carbons (Fsp3) is 0.523. The number of likely N-dealkylation sites (tertiary alicyclic amines) is 2. The van der Waals surface area contributed by atoms with Gasteiger partial charge in [0.15, 0.2) is 0 Å². The van der Waals surface area contributed by atoms with Crippen molar-refractivity contribution < 1.29 is 27.5 Å². The van der Waals surface area contributed by atoms with E-state index in [1.807, 2.05) is 29.9 Å². The van der Waals surface area contributed by atoms with E-state index < -0.39 is 16.1 Å². The molecular weight excluding hydrogens is 755 g/mol. The van der Waals surface area contributed by atoms with Gasteiger partial charge in [-0.05, 0) is 111 Å². The summed E-state index contributed by atoms with van der Waals surface area (Å²) in [6.45, 7) is 5.17. The Morgan fingerprint density at radius 1 is 0.897 bits per heavy atom. The molecule has 0 spiro atoms. The Labute approximate surface area is 341 Å². The molecule has 2 amide bonds. The van der Waals surface area contributed by atoms with Crippen molar-refractivity contribution in [2.45, 2.75) is 82.7 Å². The van der Waals surface area contributed by atoms with Crippen LogP contribution in [0.5, 0.6) is 5.75 Å². The summed E-state index contributed by atoms with van der Waals surface area (Å²) in [6, 6.07) is 11.9. The van der Waals surface area contributed by atoms with Gasteiger partial charge in [0, 0.05) is 61.3 Å². The number of methoxy groups -OCH3 is 1. The van der Waals surface area contributed by atoms with E-state index in [-0.39, 0.29) is 43.8 Å². The van der Waals surface area contributed by atoms with Gasteiger partial charge in [-0.3, -0.25) is 14.3 Å². The van der Waals surface area contributed by atoms with Gasteiger partial charge in [-0.15, -0.1) is 0 Å². The van der Waals surface area contributed by atoms with Gasteiger partial charge < -0.3 is 23.8 Å². The van der Waals surface area contributed by atoms with Crippen LogP contribution in [-0.2, 0) is 28.5 Å². The van der Waals surface area contributed by atoms with Crippen LogP contribution in [0.1, 0.15) is 108 Å². The third kappa shape index (κ3) is 7.37. The van der Waals surface area contributed by atoms with Crippen molar-refractivity contribution in [3.8, 4) is 17.0 Å². The molecule has 3 saturated heterocycles. The number of nitrogens with zero attached hydrogens (tertiary/aromatic N) is 6. The lowest BCUT2D eigenvalue weighted by Gasteiger charge is -2.33. The van der Waals surface area contributed by atoms with Crippen molar-refractivity contribution >= 4 is 44.6 Å². The molecule has 1 atom stereocenters. The first-order valence-electron chi connectivity index (χ1n) is 21.2. The monoisotopic (exact) mass is 809 g/mol. The van der Waals surface area contributed by atoms with Gasteiger partial charge in [0.05, 0.1) is 50.0 Å². The number of benzene rings is 2. The maximum Gasteiger partial charge on any atom is 0.304 e. The number of piperidine rings is 1. The van der Waals surface area contributed by atoms with Gasteiger partial charge in [-0.25, -0.2) is 4.72 Å². The molecule has 2 aromatic heterocycles. The van der Waals surface area contributed by atoms with Gasteiger partial charge in [-0.2, -0.15) is 17.8 Å². The van der Waals surface area contributed by atoms with E-state index >= 15 is 0 Å². The zero-order valence-electron chi connectivity index (χ0n) is 33.7. The van der Waals surface area contributed by atoms with Crippen molar-refractivity contribution in [1.82, 2.24) is 33.2 Å². The molecule has 9 rings (SSSR count). The minimum atomic E-state index is -4.06. The highest BCUT2D eigenvalue weighted by Gasteiger charge is 2.36. The fourth-order valence-corrected chi connectivity index (χ4v) is 11.3. The van der Waals surface area contributed by atoms with Crippen LogP contribution >= 0.6 is 0 Å². The van der Waals surface area contributed by atoms with E-state index in [9.17, 15) is 18.0 Å². The highest BCUT2D eigenvalue weighted by atomic mass is 32.2. The van der Waals surface area contributed by atoms with Crippen LogP contribution < -0.4 is 9.46 Å². The summed E-state index contributed by atoms with van der Waals surface area (Å²) in [5.74, 6) is 0.380. The Kier molecular flexibility index (Phi) is 10.9. The standard InChI is InChI=1S/C44H55N7O6S/c1-47-41(38(27-45-47)44(53)50-19-9-12-34(50)29-48-17-7-4-8-18-48)33-24-32-25-35(56-2)14-16-36(32)42-40(30-10-5-3-6-11-30)37-15-13-31(26-39(37)51(42)28-33)43(52)46-58(54,55)49-20-22-57-23-21-49/h13-16,24-27,30,34H,3-12,17-23,28-29H2,1-2H3,(H,46,52). The van der Waals surface area contributed by atoms with Crippen molar-refractivity contribution in [1.29, 1.82) is 0 Å². The van der Waals surface area contributed by atoms with Crippen molar-refractivity contribution in [2.24, 2.45) is 7.05 Å². The molecule has 6 heterocycles. The number of amides is 2. The molecule has 0 bridgehead atoms. The molecule has 4 fully saturated rings. The Hall–Kier alpha value is -4.50. The first-order chi connectivity index (χ1) is 28.2. The number of rotatable bonds is 9. The maximum absolute atomic E-state index is 14.7. The SMILES string of the molecule is COc1ccc2c(c1)C=C(c1c(C(=O)N3CCCC3CN3CCCCC3)cnn1C)Cn1c-2c(C2CCCCC2)c2ccc(C(=O)NS(=O)(=O)N3CCOCC3)cc21. The Morgan fingerprint density at radius 2 is 1.67 bits per heavy atom. The molecule has 5 aliphatic rings. The highest BCUT2D eigenvalue weighted by Crippen LogP contribution is 2.48. The minimum absolute atomic E-state index is 0.0135. The van der Waals surface area contributed by atoms with Crippen LogP contribution in [0.3, 0.4) is 0 Å². The summed E-state index contributed by atoms with van der Waals surface area (Å²) >= 11 is 0. The molecule has 0 radical (unpaired) electrons. The summed E-state index contributed by atoms with van der Waals surface area (Å²) in [5, 5.41) is 5.77. The number of hydrogen-bond donors (Lipinski definition) is 1. The van der Waals surface area contributed by atoms with Gasteiger partial charge in [0.1, 0.15) is 5.75 Å². The summed E-state index contributed by atoms with van der Waals surface area (Å²) in [5.41, 5.74) is 7.73. The largest absolute Gasteiger partial charge is 0.497 e. The molecule has 308 valence electrons. The Morgan fingerprint density at radius 3 is 2.45 bits per heavy atom. The summed E-state index contributed by atoms with van der Waals surface area (Å²) < 4.78 is 45.4. The Balaban J connectivity index is 1.15. The first kappa shape index (κ1) is 39.0. The van der Waals surface area contributed by atoms with Gasteiger partial charge in [0.25, 0.3) is 11.8 Å². The highest BCUT2D eigenvalue weighted by molar-refractivity contribution is 7.87. The second-order valence-electron chi connectivity index (χ2n) is 16.7. The van der Waals surface area contributed by atoms with Gasteiger partial charge in [0.2, 0.25) is 0 Å². The molecule has 1 aliphatic carbocycles. The lowest BCUT2D eigenvalue weighted by molar-refractivity contribution is 0.0689. The third-order valence-electron chi connectivity index (χ3n) is 13.1. The zero-order valence-corrected chi connectivity index (χ0v) is 34.6. The van der Waals surface area contributed by atoms with E-state index in [0.29, 0.717) is 18.0 Å². The number of morpholine rings is 1. The van der Waals surface area contributed by atoms with E-state index in [0.717, 1.165) is 109 Å². The molecule has 13 nitrogen and oxygen atoms in total. The van der Waals surface area contributed by atoms with Crippen LogP contribution in [0.25, 0.3) is 33.8 Å². The van der Waals surface area contributed by atoms with Gasteiger partial charge in [-0.1, -0.05) is 31.7 Å². The number of carbonyl (C=O) groups excluding carboxylic acids is 2. The number of allylic oxidation sites excluding steroid dienone is 1. The predicted octanol–water partition coefficient (Wildman–Crippen LogP) is 6.05. The summed E-state index contributed by atoms with van der Waals surface area (Å²) in [4.78, 5) is 33.1. The molecule has 1 saturated carbocycles. The van der Waals surface area contributed by atoms with Crippen LogP contribution in [0, 0.1) is 0 Å². The molecular formula is C44H55N7O6S. The Bertz CT molecular complexity index is 2350. The molecule has 4 aliphatic heterocycles. The van der Waals surface area contributed by atoms with Crippen LogP contribution in [-0.4, -0.2) is 114 Å². The van der Waals surface area contributed by atoms with Crippen molar-refractivity contribution in [3.63, 3.8) is 0 Å². The number of carbonyl (C=O) groups is 2. The number of aromatic nitrogens is 3. The molecule has 2 aromatic carbocycles. The zero-order chi connectivity index (χ0) is 40.0. The normalized spacial score (nSPS) is 21.0. The van der Waals surface area contributed by atoms with Crippen molar-refractivity contribution in [3.05, 3.63) is 70.5 Å². The number of fused-ring (bicyclic) bond motifs is 5. The fourth-order valence-electron chi connectivity index (χ4n) is 10.2. The lowest BCUT2D eigenvalue weighted by atomic mass is 9.81. The van der Waals surface area contributed by atoms with Crippen LogP contribution in [0.2, 0.25) is 0 Å². The molecule has 1 unspecified atom stereocenters. The quantitative estimate of drug-likeness (QED) is 0.217. The maximum atomic E-state index is 14.7. The van der Waals surface area contributed by atoms with Crippen LogP contribution in [0.4, 0.5) is 0 Å². The van der Waals surface area contributed by atoms with E-state index in [4.69, 9.17) is 14.6 Å². The molecule has 58 heavy (non-hydrogen) atoms. The number of nitrogens with one attached hydrogen (secondary N) is 1. The molecule has 14 heteroatoms. The number of hydrogen-bond acceptors (Lipinski definition) is 8.